The Labute approximate surface area is 211 Å². The van der Waals surface area contributed by atoms with Crippen molar-refractivity contribution in [3.63, 3.8) is 0 Å². The molecule has 36 heavy (non-hydrogen) atoms. The van der Waals surface area contributed by atoms with Crippen LogP contribution in [0.3, 0.4) is 0 Å². The number of phenolic OH excluding ortho intramolecular Hbond substituents is 3. The molecule has 1 aliphatic heterocycles. The van der Waals surface area contributed by atoms with Crippen molar-refractivity contribution in [1.29, 1.82) is 0 Å². The minimum Gasteiger partial charge on any atom is -0.508 e. The molecule has 0 amide bonds. The number of carbonyl (C=O) groups excluding carboxylic acids is 1. The standard InChI is InChI=1S/C30H33NO5/c32-23-9-4-20(5-10-23)22-8-13-25-26(18-22)29(28(34)19-27(25)33)30(35)21-6-11-24(12-7-21)36-17-16-31-14-2-1-3-15-31/h4-7,9-12,19,22,32-34H,1-3,8,13-18H2. The van der Waals surface area contributed by atoms with Crippen LogP contribution in [0.5, 0.6) is 23.0 Å². The Morgan fingerprint density at radius 2 is 1.61 bits per heavy atom. The summed E-state index contributed by atoms with van der Waals surface area (Å²) in [6, 6.07) is 15.4. The van der Waals surface area contributed by atoms with E-state index in [0.717, 1.165) is 37.2 Å². The lowest BCUT2D eigenvalue weighted by atomic mass is 9.77. The lowest BCUT2D eigenvalue weighted by Crippen LogP contribution is -2.33. The first kappa shape index (κ1) is 24.2. The van der Waals surface area contributed by atoms with E-state index in [1.807, 2.05) is 12.1 Å². The third-order valence-electron chi connectivity index (χ3n) is 7.53. The van der Waals surface area contributed by atoms with Crippen molar-refractivity contribution >= 4 is 5.78 Å². The maximum atomic E-state index is 13.5. The van der Waals surface area contributed by atoms with Gasteiger partial charge in [-0.05, 0) is 104 Å². The van der Waals surface area contributed by atoms with Gasteiger partial charge in [-0.25, -0.2) is 0 Å². The van der Waals surface area contributed by atoms with E-state index >= 15 is 0 Å². The van der Waals surface area contributed by atoms with Crippen molar-refractivity contribution < 1.29 is 24.9 Å². The van der Waals surface area contributed by atoms with Crippen LogP contribution in [-0.2, 0) is 12.8 Å². The van der Waals surface area contributed by atoms with E-state index in [0.29, 0.717) is 36.3 Å². The highest BCUT2D eigenvalue weighted by atomic mass is 16.5. The molecule has 1 heterocycles. The number of fused-ring (bicyclic) bond motifs is 1. The highest BCUT2D eigenvalue weighted by molar-refractivity contribution is 6.12. The number of ether oxygens (including phenoxy) is 1. The van der Waals surface area contributed by atoms with Gasteiger partial charge in [0.25, 0.3) is 0 Å². The number of ketones is 1. The summed E-state index contributed by atoms with van der Waals surface area (Å²) in [5.41, 5.74) is 3.21. The molecule has 188 valence electrons. The number of phenols is 3. The highest BCUT2D eigenvalue weighted by Crippen LogP contribution is 2.42. The average Bonchev–Trinajstić information content (AvgIpc) is 2.90. The summed E-state index contributed by atoms with van der Waals surface area (Å²) in [4.78, 5) is 16.0. The van der Waals surface area contributed by atoms with Crippen LogP contribution in [0.25, 0.3) is 0 Å². The normalized spacial score (nSPS) is 17.9. The molecule has 6 nitrogen and oxygen atoms in total. The van der Waals surface area contributed by atoms with E-state index in [2.05, 4.69) is 4.90 Å². The third kappa shape index (κ3) is 5.19. The molecule has 1 saturated heterocycles. The van der Waals surface area contributed by atoms with Crippen LogP contribution in [0.1, 0.15) is 64.2 Å². The number of nitrogens with zero attached hydrogens (tertiary/aromatic N) is 1. The van der Waals surface area contributed by atoms with Gasteiger partial charge in [-0.1, -0.05) is 18.6 Å². The summed E-state index contributed by atoms with van der Waals surface area (Å²) in [6.45, 7) is 3.77. The van der Waals surface area contributed by atoms with E-state index in [9.17, 15) is 20.1 Å². The second kappa shape index (κ2) is 10.6. The second-order valence-corrected chi connectivity index (χ2v) is 9.88. The van der Waals surface area contributed by atoms with Gasteiger partial charge in [-0.3, -0.25) is 9.69 Å². The van der Waals surface area contributed by atoms with E-state index in [1.165, 1.54) is 25.3 Å². The Bertz CT molecular complexity index is 1210. The van der Waals surface area contributed by atoms with Crippen molar-refractivity contribution in [2.45, 2.75) is 44.4 Å². The molecule has 6 heteroatoms. The molecule has 0 saturated carbocycles. The van der Waals surface area contributed by atoms with Crippen LogP contribution in [0.15, 0.2) is 54.6 Å². The largest absolute Gasteiger partial charge is 0.508 e. The molecule has 3 aromatic carbocycles. The van der Waals surface area contributed by atoms with Gasteiger partial charge in [0, 0.05) is 18.2 Å². The molecular formula is C30H33NO5. The predicted molar refractivity (Wildman–Crippen MR) is 138 cm³/mol. The van der Waals surface area contributed by atoms with Gasteiger partial charge in [0.15, 0.2) is 5.78 Å². The number of benzene rings is 3. The van der Waals surface area contributed by atoms with Crippen LogP contribution < -0.4 is 4.74 Å². The fourth-order valence-corrected chi connectivity index (χ4v) is 5.53. The summed E-state index contributed by atoms with van der Waals surface area (Å²) in [5.74, 6) is 0.606. The van der Waals surface area contributed by atoms with Gasteiger partial charge < -0.3 is 20.1 Å². The van der Waals surface area contributed by atoms with E-state index in [-0.39, 0.29) is 34.5 Å². The van der Waals surface area contributed by atoms with E-state index in [4.69, 9.17) is 4.74 Å². The maximum absolute atomic E-state index is 13.5. The van der Waals surface area contributed by atoms with Crippen LogP contribution in [0, 0.1) is 0 Å². The van der Waals surface area contributed by atoms with Gasteiger partial charge >= 0.3 is 0 Å². The molecule has 2 aliphatic rings. The molecule has 0 radical (unpaired) electrons. The maximum Gasteiger partial charge on any atom is 0.197 e. The number of hydrogen-bond acceptors (Lipinski definition) is 6. The molecule has 1 fully saturated rings. The number of aromatic hydroxyl groups is 3. The second-order valence-electron chi connectivity index (χ2n) is 9.88. The molecule has 1 unspecified atom stereocenters. The Balaban J connectivity index is 1.33. The molecule has 1 aliphatic carbocycles. The van der Waals surface area contributed by atoms with Crippen molar-refractivity contribution in [2.24, 2.45) is 0 Å². The average molecular weight is 488 g/mol. The zero-order valence-electron chi connectivity index (χ0n) is 20.4. The Morgan fingerprint density at radius 1 is 0.889 bits per heavy atom. The Kier molecular flexibility index (Phi) is 7.14. The first-order valence-electron chi connectivity index (χ1n) is 12.8. The molecule has 5 rings (SSSR count). The Morgan fingerprint density at radius 3 is 2.33 bits per heavy atom. The highest BCUT2D eigenvalue weighted by Gasteiger charge is 2.30. The molecule has 3 N–H and O–H groups in total. The first-order chi connectivity index (χ1) is 17.5. The third-order valence-corrected chi connectivity index (χ3v) is 7.53. The van der Waals surface area contributed by atoms with Crippen molar-refractivity contribution in [2.75, 3.05) is 26.2 Å². The zero-order chi connectivity index (χ0) is 25.1. The van der Waals surface area contributed by atoms with Crippen molar-refractivity contribution in [1.82, 2.24) is 4.90 Å². The molecule has 3 aromatic rings. The first-order valence-corrected chi connectivity index (χ1v) is 12.8. The van der Waals surface area contributed by atoms with Gasteiger partial charge in [0.2, 0.25) is 0 Å². The van der Waals surface area contributed by atoms with E-state index < -0.39 is 0 Å². The zero-order valence-corrected chi connectivity index (χ0v) is 20.4. The Hall–Kier alpha value is -3.51. The summed E-state index contributed by atoms with van der Waals surface area (Å²) in [7, 11) is 0. The van der Waals surface area contributed by atoms with Gasteiger partial charge in [0.05, 0.1) is 5.56 Å². The van der Waals surface area contributed by atoms with Gasteiger partial charge in [0.1, 0.15) is 29.6 Å². The summed E-state index contributed by atoms with van der Waals surface area (Å²) in [6.07, 6.45) is 5.76. The fraction of sp³-hybridized carbons (Fsp3) is 0.367. The molecule has 0 bridgehead atoms. The summed E-state index contributed by atoms with van der Waals surface area (Å²) in [5, 5.41) is 30.9. The molecular weight excluding hydrogens is 454 g/mol. The van der Waals surface area contributed by atoms with Gasteiger partial charge in [-0.15, -0.1) is 0 Å². The number of rotatable bonds is 7. The molecule has 0 spiro atoms. The minimum atomic E-state index is -0.269. The fourth-order valence-electron chi connectivity index (χ4n) is 5.53. The van der Waals surface area contributed by atoms with Crippen LogP contribution in [0.2, 0.25) is 0 Å². The number of likely N-dealkylation sites (tertiary alicyclic amines) is 1. The van der Waals surface area contributed by atoms with Crippen molar-refractivity contribution in [3.05, 3.63) is 82.4 Å². The lowest BCUT2D eigenvalue weighted by molar-refractivity contribution is 0.103. The van der Waals surface area contributed by atoms with Crippen molar-refractivity contribution in [3.8, 4) is 23.0 Å². The summed E-state index contributed by atoms with van der Waals surface area (Å²) >= 11 is 0. The van der Waals surface area contributed by atoms with Crippen LogP contribution in [-0.4, -0.2) is 52.2 Å². The van der Waals surface area contributed by atoms with Crippen LogP contribution in [0.4, 0.5) is 0 Å². The number of carbonyl (C=O) groups is 1. The predicted octanol–water partition coefficient (Wildman–Crippen LogP) is 5.17. The SMILES string of the molecule is O=C(c1ccc(OCCN2CCCCC2)cc1)c1c(O)cc(O)c2c1CC(c1ccc(O)cc1)CC2. The number of hydrogen-bond donors (Lipinski definition) is 3. The quantitative estimate of drug-likeness (QED) is 0.398. The number of piperidine rings is 1. The molecule has 1 atom stereocenters. The monoisotopic (exact) mass is 487 g/mol. The minimum absolute atomic E-state index is 0.0284. The molecule has 0 aromatic heterocycles. The lowest BCUT2D eigenvalue weighted by Gasteiger charge is -2.28. The van der Waals surface area contributed by atoms with E-state index in [1.54, 1.807) is 36.4 Å². The smallest absolute Gasteiger partial charge is 0.197 e. The van der Waals surface area contributed by atoms with Gasteiger partial charge in [-0.2, -0.15) is 0 Å². The topological polar surface area (TPSA) is 90.2 Å². The summed E-state index contributed by atoms with van der Waals surface area (Å²) < 4.78 is 5.90. The van der Waals surface area contributed by atoms with Crippen LogP contribution >= 0.6 is 0 Å².